The van der Waals surface area contributed by atoms with E-state index in [1.165, 1.54) is 30.3 Å². The second-order valence-electron chi connectivity index (χ2n) is 7.02. The Morgan fingerprint density at radius 3 is 2.73 bits per heavy atom. The molecule has 1 amide bonds. The summed E-state index contributed by atoms with van der Waals surface area (Å²) in [6.07, 6.45) is 3.42. The molecule has 1 aliphatic rings. The van der Waals surface area contributed by atoms with Crippen molar-refractivity contribution in [3.8, 4) is 11.5 Å². The molecule has 1 aliphatic carbocycles. The minimum Gasteiger partial charge on any atom is -0.411 e. The lowest BCUT2D eigenvalue weighted by molar-refractivity contribution is -0.121. The maximum absolute atomic E-state index is 13.0. The molecule has 0 unspecified atom stereocenters. The monoisotopic (exact) mass is 377 g/mol. The van der Waals surface area contributed by atoms with Crippen molar-refractivity contribution in [3.63, 3.8) is 0 Å². The first-order valence-electron chi connectivity index (χ1n) is 9.00. The van der Waals surface area contributed by atoms with Crippen molar-refractivity contribution in [1.82, 2.24) is 15.5 Å². The van der Waals surface area contributed by atoms with Gasteiger partial charge in [-0.2, -0.15) is 0 Å². The fourth-order valence-corrected chi connectivity index (χ4v) is 3.95. The summed E-state index contributed by atoms with van der Waals surface area (Å²) in [6.45, 7) is 6.29. The molecule has 0 radical (unpaired) electrons. The number of rotatable bonds is 5. The normalized spacial score (nSPS) is 24.2. The number of thioether (sulfide) groups is 1. The lowest BCUT2D eigenvalue weighted by atomic mass is 9.78. The van der Waals surface area contributed by atoms with E-state index in [2.05, 4.69) is 29.4 Å². The predicted molar refractivity (Wildman–Crippen MR) is 99.1 cm³/mol. The van der Waals surface area contributed by atoms with E-state index in [1.54, 1.807) is 12.1 Å². The first kappa shape index (κ1) is 18.9. The Hall–Kier alpha value is -1.89. The second-order valence-corrected chi connectivity index (χ2v) is 8.31. The van der Waals surface area contributed by atoms with Crippen molar-refractivity contribution in [2.24, 2.45) is 11.8 Å². The van der Waals surface area contributed by atoms with Crippen molar-refractivity contribution in [3.05, 3.63) is 30.1 Å². The highest BCUT2D eigenvalue weighted by atomic mass is 32.2. The van der Waals surface area contributed by atoms with Crippen LogP contribution in [0.5, 0.6) is 0 Å². The van der Waals surface area contributed by atoms with Gasteiger partial charge in [-0.3, -0.25) is 4.79 Å². The summed E-state index contributed by atoms with van der Waals surface area (Å²) in [6, 6.07) is 6.08. The fourth-order valence-electron chi connectivity index (χ4n) is 3.26. The molecule has 0 bridgehead atoms. The number of hydrogen-bond acceptors (Lipinski definition) is 5. The second kappa shape index (κ2) is 8.20. The van der Waals surface area contributed by atoms with Gasteiger partial charge in [-0.15, -0.1) is 10.2 Å². The summed E-state index contributed by atoms with van der Waals surface area (Å²) in [5.74, 6) is 1.10. The van der Waals surface area contributed by atoms with Crippen LogP contribution in [0.15, 0.2) is 33.9 Å². The molecule has 4 atom stereocenters. The summed E-state index contributed by atoms with van der Waals surface area (Å²) in [7, 11) is 0. The predicted octanol–water partition coefficient (Wildman–Crippen LogP) is 4.30. The molecule has 5 nitrogen and oxygen atoms in total. The number of halogens is 1. The third kappa shape index (κ3) is 4.44. The Morgan fingerprint density at radius 2 is 2.00 bits per heavy atom. The lowest BCUT2D eigenvalue weighted by Gasteiger charge is -2.35. The maximum Gasteiger partial charge on any atom is 0.277 e. The molecular weight excluding hydrogens is 353 g/mol. The van der Waals surface area contributed by atoms with Gasteiger partial charge in [-0.05, 0) is 49.4 Å². The van der Waals surface area contributed by atoms with E-state index in [9.17, 15) is 9.18 Å². The first-order valence-corrected chi connectivity index (χ1v) is 9.88. The van der Waals surface area contributed by atoms with Crippen LogP contribution in [0, 0.1) is 17.7 Å². The lowest BCUT2D eigenvalue weighted by Crippen LogP contribution is -2.46. The van der Waals surface area contributed by atoms with Crippen LogP contribution in [0.25, 0.3) is 11.5 Å². The summed E-state index contributed by atoms with van der Waals surface area (Å²) in [5, 5.41) is 11.1. The maximum atomic E-state index is 13.0. The fraction of sp³-hybridized carbons (Fsp3) is 0.526. The Morgan fingerprint density at radius 1 is 1.27 bits per heavy atom. The number of hydrogen-bond donors (Lipinski definition) is 1. The van der Waals surface area contributed by atoms with Gasteiger partial charge in [0.15, 0.2) is 0 Å². The zero-order chi connectivity index (χ0) is 18.7. The molecule has 140 valence electrons. The van der Waals surface area contributed by atoms with Crippen LogP contribution in [0.2, 0.25) is 0 Å². The van der Waals surface area contributed by atoms with Crippen LogP contribution in [-0.2, 0) is 4.79 Å². The van der Waals surface area contributed by atoms with Gasteiger partial charge in [0.25, 0.3) is 5.22 Å². The van der Waals surface area contributed by atoms with E-state index in [0.29, 0.717) is 28.5 Å². The Balaban J connectivity index is 1.58. The zero-order valence-corrected chi connectivity index (χ0v) is 16.1. The van der Waals surface area contributed by atoms with E-state index in [1.807, 2.05) is 6.92 Å². The van der Waals surface area contributed by atoms with Crippen molar-refractivity contribution >= 4 is 17.7 Å². The van der Waals surface area contributed by atoms with Crippen molar-refractivity contribution < 1.29 is 13.6 Å². The van der Waals surface area contributed by atoms with Crippen LogP contribution in [0.4, 0.5) is 4.39 Å². The number of nitrogens with zero attached hydrogens (tertiary/aromatic N) is 2. The van der Waals surface area contributed by atoms with Crippen molar-refractivity contribution in [2.75, 3.05) is 0 Å². The van der Waals surface area contributed by atoms with E-state index in [-0.39, 0.29) is 23.0 Å². The summed E-state index contributed by atoms with van der Waals surface area (Å²) in [5.41, 5.74) is 0.646. The third-order valence-corrected chi connectivity index (χ3v) is 6.11. The van der Waals surface area contributed by atoms with Gasteiger partial charge in [0.05, 0.1) is 5.25 Å². The van der Waals surface area contributed by atoms with E-state index in [4.69, 9.17) is 4.42 Å². The molecule has 1 saturated carbocycles. The SMILES string of the molecule is C[C@@H]1[C@@H](C)CCC[C@H]1NC(=O)[C@H](C)Sc1nnc(-c2ccc(F)cc2)o1. The van der Waals surface area contributed by atoms with Gasteiger partial charge in [0.1, 0.15) is 5.82 Å². The highest BCUT2D eigenvalue weighted by molar-refractivity contribution is 8.00. The largest absolute Gasteiger partial charge is 0.411 e. The minimum absolute atomic E-state index is 0.0116. The number of nitrogens with one attached hydrogen (secondary N) is 1. The molecule has 0 saturated heterocycles. The van der Waals surface area contributed by atoms with Crippen LogP contribution in [-0.4, -0.2) is 27.4 Å². The van der Waals surface area contributed by atoms with Gasteiger partial charge in [-0.25, -0.2) is 4.39 Å². The standard InChI is InChI=1S/C19H24FN3O2S/c1-11-5-4-6-16(12(11)2)21-17(24)13(3)26-19-23-22-18(25-19)14-7-9-15(20)10-8-14/h7-13,16H,4-6H2,1-3H3,(H,21,24)/t11-,12+,13-,16+/m0/s1. The molecule has 7 heteroatoms. The Labute approximate surface area is 157 Å². The van der Waals surface area contributed by atoms with Crippen LogP contribution < -0.4 is 5.32 Å². The van der Waals surface area contributed by atoms with Crippen LogP contribution >= 0.6 is 11.8 Å². The molecule has 1 aromatic carbocycles. The van der Waals surface area contributed by atoms with Gasteiger partial charge in [0, 0.05) is 11.6 Å². The Kier molecular flexibility index (Phi) is 5.96. The summed E-state index contributed by atoms with van der Waals surface area (Å²) in [4.78, 5) is 12.5. The van der Waals surface area contributed by atoms with E-state index < -0.39 is 0 Å². The number of aromatic nitrogens is 2. The number of carbonyl (C=O) groups excluding carboxylic acids is 1. The molecule has 1 N–H and O–H groups in total. The summed E-state index contributed by atoms with van der Waals surface area (Å²) >= 11 is 1.23. The van der Waals surface area contributed by atoms with Crippen molar-refractivity contribution in [2.45, 2.75) is 56.5 Å². The topological polar surface area (TPSA) is 68.0 Å². The molecule has 0 spiro atoms. The quantitative estimate of drug-likeness (QED) is 0.787. The van der Waals surface area contributed by atoms with E-state index in [0.717, 1.165) is 12.8 Å². The minimum atomic E-state index is -0.332. The molecule has 1 aromatic heterocycles. The molecule has 1 heterocycles. The van der Waals surface area contributed by atoms with Crippen LogP contribution in [0.1, 0.15) is 40.0 Å². The number of benzene rings is 1. The third-order valence-electron chi connectivity index (χ3n) is 5.18. The first-order chi connectivity index (χ1) is 12.4. The van der Waals surface area contributed by atoms with Gasteiger partial charge in [-0.1, -0.05) is 38.5 Å². The smallest absolute Gasteiger partial charge is 0.277 e. The molecule has 1 fully saturated rings. The molecule has 2 aromatic rings. The van der Waals surface area contributed by atoms with E-state index >= 15 is 0 Å². The molecule has 26 heavy (non-hydrogen) atoms. The molecular formula is C19H24FN3O2S. The van der Waals surface area contributed by atoms with Crippen molar-refractivity contribution in [1.29, 1.82) is 0 Å². The molecule has 0 aliphatic heterocycles. The Bertz CT molecular complexity index is 749. The van der Waals surface area contributed by atoms with Crippen LogP contribution in [0.3, 0.4) is 0 Å². The summed E-state index contributed by atoms with van der Waals surface area (Å²) < 4.78 is 18.6. The highest BCUT2D eigenvalue weighted by Gasteiger charge is 2.29. The zero-order valence-electron chi connectivity index (χ0n) is 15.2. The average molecular weight is 377 g/mol. The molecule has 3 rings (SSSR count). The number of amides is 1. The number of carbonyl (C=O) groups is 1. The van der Waals surface area contributed by atoms with Gasteiger partial charge in [0.2, 0.25) is 11.8 Å². The van der Waals surface area contributed by atoms with Gasteiger partial charge < -0.3 is 9.73 Å². The average Bonchev–Trinajstić information content (AvgIpc) is 3.08. The van der Waals surface area contributed by atoms with Gasteiger partial charge >= 0.3 is 0 Å². The highest BCUT2D eigenvalue weighted by Crippen LogP contribution is 2.30.